The average Bonchev–Trinajstić information content (AvgIpc) is 1.90. The highest BCUT2D eigenvalue weighted by atomic mass is 16.3. The Balaban J connectivity index is 2.37. The van der Waals surface area contributed by atoms with Gasteiger partial charge in [0.05, 0.1) is 12.2 Å². The zero-order chi connectivity index (χ0) is 6.74. The highest BCUT2D eigenvalue weighted by Gasteiger charge is 2.27. The average molecular weight is 130 g/mol. The predicted molar refractivity (Wildman–Crippen MR) is 35.1 cm³/mol. The van der Waals surface area contributed by atoms with Gasteiger partial charge in [-0.25, -0.2) is 0 Å². The lowest BCUT2D eigenvalue weighted by atomic mass is 9.86. The van der Waals surface area contributed by atoms with Gasteiger partial charge in [0.15, 0.2) is 0 Å². The first-order chi connectivity index (χ1) is 4.27. The van der Waals surface area contributed by atoms with Crippen LogP contribution in [-0.4, -0.2) is 22.4 Å². The van der Waals surface area contributed by atoms with E-state index in [1.807, 2.05) is 0 Å². The maximum Gasteiger partial charge on any atom is 0.0877 e. The van der Waals surface area contributed by atoms with Gasteiger partial charge in [-0.05, 0) is 12.8 Å². The molecule has 0 bridgehead atoms. The molecule has 0 amide bonds. The molecule has 2 heteroatoms. The van der Waals surface area contributed by atoms with E-state index in [1.54, 1.807) is 0 Å². The number of rotatable bonds is 1. The number of hydrogen-bond acceptors (Lipinski definition) is 2. The molecule has 1 rings (SSSR count). The molecule has 1 aliphatic carbocycles. The summed E-state index contributed by atoms with van der Waals surface area (Å²) in [5.74, 6) is 0. The van der Waals surface area contributed by atoms with Gasteiger partial charge in [-0.15, -0.1) is 0 Å². The molecule has 2 N–H and O–H groups in total. The van der Waals surface area contributed by atoms with Gasteiger partial charge in [0.1, 0.15) is 0 Å². The molecule has 1 aliphatic rings. The summed E-state index contributed by atoms with van der Waals surface area (Å²) in [6.07, 6.45) is 4.91. The van der Waals surface area contributed by atoms with Crippen LogP contribution < -0.4 is 0 Å². The van der Waals surface area contributed by atoms with Crippen LogP contribution in [0.1, 0.15) is 32.1 Å². The van der Waals surface area contributed by atoms with Gasteiger partial charge in [0.2, 0.25) is 0 Å². The molecule has 0 spiro atoms. The van der Waals surface area contributed by atoms with E-state index in [1.165, 1.54) is 6.42 Å². The normalized spacial score (nSPS) is 26.0. The Morgan fingerprint density at radius 1 is 1.11 bits per heavy atom. The van der Waals surface area contributed by atoms with Crippen molar-refractivity contribution in [3.63, 3.8) is 0 Å². The summed E-state index contributed by atoms with van der Waals surface area (Å²) >= 11 is 0. The van der Waals surface area contributed by atoms with Crippen LogP contribution in [0.4, 0.5) is 0 Å². The molecule has 0 atom stereocenters. The van der Waals surface area contributed by atoms with Crippen molar-refractivity contribution in [2.75, 3.05) is 6.61 Å². The van der Waals surface area contributed by atoms with E-state index >= 15 is 0 Å². The predicted octanol–water partition coefficient (Wildman–Crippen LogP) is 0.674. The van der Waals surface area contributed by atoms with Crippen molar-refractivity contribution in [2.24, 2.45) is 0 Å². The van der Waals surface area contributed by atoms with Gasteiger partial charge in [0, 0.05) is 0 Å². The van der Waals surface area contributed by atoms with Crippen molar-refractivity contribution in [3.8, 4) is 0 Å². The molecular formula is C7H14O2. The fourth-order valence-electron chi connectivity index (χ4n) is 1.37. The van der Waals surface area contributed by atoms with Crippen LogP contribution in [0.5, 0.6) is 0 Å². The lowest BCUT2D eigenvalue weighted by molar-refractivity contribution is -0.0419. The van der Waals surface area contributed by atoms with E-state index in [0.29, 0.717) is 0 Å². The van der Waals surface area contributed by atoms with E-state index < -0.39 is 5.60 Å². The second kappa shape index (κ2) is 2.67. The van der Waals surface area contributed by atoms with Crippen LogP contribution in [-0.2, 0) is 0 Å². The number of aliphatic hydroxyl groups is 2. The van der Waals surface area contributed by atoms with E-state index in [4.69, 9.17) is 5.11 Å². The fraction of sp³-hybridized carbons (Fsp3) is 1.00. The maximum atomic E-state index is 9.43. The molecule has 0 aromatic heterocycles. The highest BCUT2D eigenvalue weighted by molar-refractivity contribution is 4.80. The van der Waals surface area contributed by atoms with Gasteiger partial charge in [-0.2, -0.15) is 0 Å². The van der Waals surface area contributed by atoms with Crippen molar-refractivity contribution in [1.29, 1.82) is 0 Å². The van der Waals surface area contributed by atoms with Crippen LogP contribution in [0.15, 0.2) is 0 Å². The second-order valence-electron chi connectivity index (χ2n) is 2.94. The van der Waals surface area contributed by atoms with Gasteiger partial charge in [0.25, 0.3) is 0 Å². The van der Waals surface area contributed by atoms with Crippen molar-refractivity contribution in [3.05, 3.63) is 0 Å². The van der Waals surface area contributed by atoms with Gasteiger partial charge in [-0.3, -0.25) is 0 Å². The topological polar surface area (TPSA) is 40.5 Å². The lowest BCUT2D eigenvalue weighted by Gasteiger charge is -2.29. The van der Waals surface area contributed by atoms with Gasteiger partial charge < -0.3 is 10.2 Å². The highest BCUT2D eigenvalue weighted by Crippen LogP contribution is 2.26. The Labute approximate surface area is 55.5 Å². The van der Waals surface area contributed by atoms with Crippen molar-refractivity contribution in [2.45, 2.75) is 37.7 Å². The molecular weight excluding hydrogens is 116 g/mol. The molecule has 2 nitrogen and oxygen atoms in total. The largest absolute Gasteiger partial charge is 0.393 e. The van der Waals surface area contributed by atoms with Gasteiger partial charge >= 0.3 is 0 Å². The summed E-state index contributed by atoms with van der Waals surface area (Å²) in [5.41, 5.74) is -0.724. The lowest BCUT2D eigenvalue weighted by Crippen LogP contribution is -2.35. The molecule has 0 radical (unpaired) electrons. The van der Waals surface area contributed by atoms with Crippen LogP contribution in [0.2, 0.25) is 0 Å². The van der Waals surface area contributed by atoms with Crippen molar-refractivity contribution < 1.29 is 10.2 Å². The zero-order valence-corrected chi connectivity index (χ0v) is 5.64. The van der Waals surface area contributed by atoms with Crippen molar-refractivity contribution >= 4 is 0 Å². The van der Waals surface area contributed by atoms with Crippen LogP contribution in [0.3, 0.4) is 0 Å². The maximum absolute atomic E-state index is 9.43. The Kier molecular flexibility index (Phi) is 2.09. The first-order valence-electron chi connectivity index (χ1n) is 3.60. The third-order valence-electron chi connectivity index (χ3n) is 2.08. The van der Waals surface area contributed by atoms with Crippen LogP contribution >= 0.6 is 0 Å². The Morgan fingerprint density at radius 2 is 1.67 bits per heavy atom. The summed E-state index contributed by atoms with van der Waals surface area (Å²) in [5, 5.41) is 18.1. The van der Waals surface area contributed by atoms with E-state index in [-0.39, 0.29) is 6.61 Å². The molecule has 0 saturated heterocycles. The van der Waals surface area contributed by atoms with Crippen LogP contribution in [0.25, 0.3) is 0 Å². The third-order valence-corrected chi connectivity index (χ3v) is 2.08. The first kappa shape index (κ1) is 7.03. The molecule has 0 aromatic carbocycles. The molecule has 0 unspecified atom stereocenters. The summed E-state index contributed by atoms with van der Waals surface area (Å²) in [7, 11) is 0. The zero-order valence-electron chi connectivity index (χ0n) is 5.64. The SMILES string of the molecule is OCC1(O)CCCCC1. The molecule has 1 fully saturated rings. The molecule has 54 valence electrons. The quantitative estimate of drug-likeness (QED) is 0.548. The van der Waals surface area contributed by atoms with Crippen molar-refractivity contribution in [1.82, 2.24) is 0 Å². The molecule has 0 aromatic rings. The molecule has 0 heterocycles. The second-order valence-corrected chi connectivity index (χ2v) is 2.94. The number of hydrogen-bond donors (Lipinski definition) is 2. The Hall–Kier alpha value is -0.0800. The smallest absolute Gasteiger partial charge is 0.0877 e. The third kappa shape index (κ3) is 1.66. The summed E-state index contributed by atoms with van der Waals surface area (Å²) in [6.45, 7) is -0.0625. The Morgan fingerprint density at radius 3 is 2.00 bits per heavy atom. The molecule has 1 saturated carbocycles. The first-order valence-corrected chi connectivity index (χ1v) is 3.60. The fourth-order valence-corrected chi connectivity index (χ4v) is 1.37. The summed E-state index contributed by atoms with van der Waals surface area (Å²) < 4.78 is 0. The Bertz CT molecular complexity index is 84.9. The minimum absolute atomic E-state index is 0.0625. The molecule has 0 aliphatic heterocycles. The van der Waals surface area contributed by atoms with E-state index in [9.17, 15) is 5.11 Å². The summed E-state index contributed by atoms with van der Waals surface area (Å²) in [4.78, 5) is 0. The van der Waals surface area contributed by atoms with E-state index in [0.717, 1.165) is 25.7 Å². The minimum Gasteiger partial charge on any atom is -0.393 e. The summed E-state index contributed by atoms with van der Waals surface area (Å²) in [6, 6.07) is 0. The number of aliphatic hydroxyl groups excluding tert-OH is 1. The van der Waals surface area contributed by atoms with E-state index in [2.05, 4.69) is 0 Å². The monoisotopic (exact) mass is 130 g/mol. The standard InChI is InChI=1S/C7H14O2/c8-6-7(9)4-2-1-3-5-7/h8-9H,1-6H2. The van der Waals surface area contributed by atoms with Gasteiger partial charge in [-0.1, -0.05) is 19.3 Å². The minimum atomic E-state index is -0.724. The van der Waals surface area contributed by atoms with Crippen LogP contribution in [0, 0.1) is 0 Å². The molecule has 9 heavy (non-hydrogen) atoms.